The molecule has 13 heteroatoms. The molecule has 0 radical (unpaired) electrons. The largest absolute Gasteiger partial charge is 0.490 e. The molecule has 2 aliphatic heterocycles. The van der Waals surface area contributed by atoms with Gasteiger partial charge in [-0.15, -0.1) is 0 Å². The molecule has 0 atom stereocenters. The van der Waals surface area contributed by atoms with E-state index < -0.39 is 18.5 Å². The summed E-state index contributed by atoms with van der Waals surface area (Å²) in [5.41, 5.74) is 5.41. The quantitative estimate of drug-likeness (QED) is 0.301. The second kappa shape index (κ2) is 12.6. The van der Waals surface area contributed by atoms with Crippen molar-refractivity contribution in [3.05, 3.63) is 30.2 Å². The number of urea groups is 1. The lowest BCUT2D eigenvalue weighted by atomic mass is 9.79. The summed E-state index contributed by atoms with van der Waals surface area (Å²) in [6, 6.07) is 4.07. The average Bonchev–Trinajstić information content (AvgIpc) is 2.85. The Bertz CT molecular complexity index is 1190. The molecule has 0 saturated carbocycles. The van der Waals surface area contributed by atoms with Crippen molar-refractivity contribution in [3.8, 4) is 11.5 Å². The lowest BCUT2D eigenvalue weighted by Gasteiger charge is -2.46. The number of rotatable bonds is 10. The van der Waals surface area contributed by atoms with Crippen molar-refractivity contribution >= 4 is 23.5 Å². The van der Waals surface area contributed by atoms with Gasteiger partial charge < -0.3 is 36.1 Å². The van der Waals surface area contributed by atoms with Crippen LogP contribution >= 0.6 is 0 Å². The molecule has 1 aromatic carbocycles. The number of anilines is 3. The van der Waals surface area contributed by atoms with Crippen molar-refractivity contribution < 1.29 is 27.4 Å². The minimum atomic E-state index is -3.05. The topological polar surface area (TPSA) is 127 Å². The summed E-state index contributed by atoms with van der Waals surface area (Å²) in [4.78, 5) is 21.2. The first-order chi connectivity index (χ1) is 19.3. The van der Waals surface area contributed by atoms with E-state index in [1.54, 1.807) is 11.0 Å². The monoisotopic (exact) mass is 579 g/mol. The van der Waals surface area contributed by atoms with Crippen molar-refractivity contribution in [2.24, 2.45) is 11.7 Å². The molecule has 10 nitrogen and oxygen atoms in total. The third-order valence-electron chi connectivity index (χ3n) is 7.40. The highest BCUT2D eigenvalue weighted by Gasteiger charge is 2.38. The number of carbonyl (C=O) groups is 1. The summed E-state index contributed by atoms with van der Waals surface area (Å²) in [5.74, 6) is -0.0639. The zero-order chi connectivity index (χ0) is 29.8. The number of aromatic nitrogens is 2. The maximum absolute atomic E-state index is 14.6. The van der Waals surface area contributed by atoms with Crippen LogP contribution in [0, 0.1) is 11.7 Å². The summed E-state index contributed by atoms with van der Waals surface area (Å²) < 4.78 is 51.5. The maximum Gasteiger partial charge on any atom is 0.387 e. The Morgan fingerprint density at radius 3 is 2.49 bits per heavy atom. The molecule has 1 aromatic heterocycles. The van der Waals surface area contributed by atoms with E-state index in [1.807, 2.05) is 0 Å². The fourth-order valence-corrected chi connectivity index (χ4v) is 5.95. The van der Waals surface area contributed by atoms with Crippen LogP contribution in [0.2, 0.25) is 0 Å². The number of benzene rings is 1. The van der Waals surface area contributed by atoms with Gasteiger partial charge in [-0.05, 0) is 77.8 Å². The molecular weight excluding hydrogens is 539 g/mol. The number of hydrogen-bond donors (Lipinski definition) is 4. The Hall–Kier alpha value is -3.48. The number of ether oxygens (including phenoxy) is 2. The lowest BCUT2D eigenvalue weighted by Crippen LogP contribution is -2.60. The molecule has 4 rings (SSSR count). The molecular formula is C28H40F3N7O3. The summed E-state index contributed by atoms with van der Waals surface area (Å²) in [6.45, 7) is 6.85. The summed E-state index contributed by atoms with van der Waals surface area (Å²) >= 11 is 0. The van der Waals surface area contributed by atoms with Crippen molar-refractivity contribution in [2.45, 2.75) is 83.5 Å². The number of carbonyl (C=O) groups excluding carboxylic acids is 1. The number of nitrogens with two attached hydrogens (primary N) is 1. The Morgan fingerprint density at radius 1 is 1.17 bits per heavy atom. The number of halogens is 3. The van der Waals surface area contributed by atoms with E-state index in [-0.39, 0.29) is 40.4 Å². The van der Waals surface area contributed by atoms with E-state index in [2.05, 4.69) is 53.6 Å². The molecule has 2 amide bonds. The van der Waals surface area contributed by atoms with E-state index in [4.69, 9.17) is 15.2 Å². The summed E-state index contributed by atoms with van der Waals surface area (Å²) in [7, 11) is 0. The van der Waals surface area contributed by atoms with Crippen LogP contribution in [0.4, 0.5) is 35.4 Å². The molecule has 0 bridgehead atoms. The van der Waals surface area contributed by atoms with Gasteiger partial charge >= 0.3 is 12.6 Å². The zero-order valence-corrected chi connectivity index (χ0v) is 24.0. The molecule has 0 unspecified atom stereocenters. The number of nitrogens with zero attached hydrogens (tertiary/aromatic N) is 3. The fraction of sp³-hybridized carbons (Fsp3) is 0.607. The predicted molar refractivity (Wildman–Crippen MR) is 150 cm³/mol. The summed E-state index contributed by atoms with van der Waals surface area (Å²) in [6.07, 6.45) is 4.91. The smallest absolute Gasteiger partial charge is 0.387 e. The highest BCUT2D eigenvalue weighted by atomic mass is 19.3. The van der Waals surface area contributed by atoms with Gasteiger partial charge in [0.15, 0.2) is 23.1 Å². The Morgan fingerprint density at radius 2 is 1.85 bits per heavy atom. The van der Waals surface area contributed by atoms with Crippen LogP contribution in [-0.4, -0.2) is 64.3 Å². The highest BCUT2D eigenvalue weighted by molar-refractivity contribution is 5.72. The number of hydrogen-bond acceptors (Lipinski definition) is 8. The standard InChI is InChI=1S/C28H40F3N7O3/c1-27(2)14-19(15-28(3,4)37-27)34-23-20(29)16-33-26(36-23)35-18-5-6-21(22(13-18)41-24(30)31)40-12-9-17-7-10-38(11-8-17)25(32)39/h5-6,13,16-17,19,24,37H,7-12,14-15H2,1-4H3,(H2,32,39)(H2,33,34,35,36). The number of primary amides is 1. The third kappa shape index (κ3) is 8.75. The van der Waals surface area contributed by atoms with Crippen molar-refractivity contribution in [1.29, 1.82) is 0 Å². The molecule has 2 fully saturated rings. The molecule has 0 aliphatic carbocycles. The molecule has 5 N–H and O–H groups in total. The number of nitrogens with one attached hydrogen (secondary N) is 3. The van der Waals surface area contributed by atoms with E-state index in [0.717, 1.165) is 31.9 Å². The maximum atomic E-state index is 14.6. The normalized spacial score (nSPS) is 19.2. The van der Waals surface area contributed by atoms with Gasteiger partial charge in [0.25, 0.3) is 0 Å². The molecule has 41 heavy (non-hydrogen) atoms. The van der Waals surface area contributed by atoms with Crippen LogP contribution in [0.25, 0.3) is 0 Å². The number of likely N-dealkylation sites (tertiary alicyclic amines) is 1. The minimum Gasteiger partial charge on any atom is -0.490 e. The van der Waals surface area contributed by atoms with E-state index in [9.17, 15) is 18.0 Å². The fourth-order valence-electron chi connectivity index (χ4n) is 5.95. The van der Waals surface area contributed by atoms with Crippen molar-refractivity contribution in [1.82, 2.24) is 20.2 Å². The number of alkyl halides is 2. The van der Waals surface area contributed by atoms with E-state index >= 15 is 0 Å². The SMILES string of the molecule is CC1(C)CC(Nc2nc(Nc3ccc(OCCC4CCN(C(N)=O)CC4)c(OC(F)F)c3)ncc2F)CC(C)(C)N1. The van der Waals surface area contributed by atoms with Crippen LogP contribution in [0.1, 0.15) is 59.8 Å². The first-order valence-electron chi connectivity index (χ1n) is 13.9. The Balaban J connectivity index is 1.40. The van der Waals surface area contributed by atoms with Gasteiger partial charge in [-0.2, -0.15) is 13.8 Å². The van der Waals surface area contributed by atoms with E-state index in [1.165, 1.54) is 12.1 Å². The minimum absolute atomic E-state index is 0.0170. The van der Waals surface area contributed by atoms with Crippen molar-refractivity contribution in [2.75, 3.05) is 30.3 Å². The first-order valence-corrected chi connectivity index (χ1v) is 13.9. The second-order valence-corrected chi connectivity index (χ2v) is 12.1. The van der Waals surface area contributed by atoms with Crippen LogP contribution in [0.15, 0.2) is 24.4 Å². The molecule has 226 valence electrons. The van der Waals surface area contributed by atoms with Gasteiger partial charge in [-0.3, -0.25) is 0 Å². The summed E-state index contributed by atoms with van der Waals surface area (Å²) in [5, 5.41) is 9.75. The van der Waals surface area contributed by atoms with Crippen LogP contribution in [0.3, 0.4) is 0 Å². The van der Waals surface area contributed by atoms with Crippen LogP contribution in [-0.2, 0) is 0 Å². The second-order valence-electron chi connectivity index (χ2n) is 12.1. The van der Waals surface area contributed by atoms with E-state index in [0.29, 0.717) is 37.7 Å². The van der Waals surface area contributed by atoms with Gasteiger partial charge in [0.2, 0.25) is 5.95 Å². The molecule has 2 saturated heterocycles. The van der Waals surface area contributed by atoms with Crippen molar-refractivity contribution in [3.63, 3.8) is 0 Å². The van der Waals surface area contributed by atoms with Crippen LogP contribution in [0.5, 0.6) is 11.5 Å². The molecule has 3 heterocycles. The van der Waals surface area contributed by atoms with Gasteiger partial charge in [0, 0.05) is 42.0 Å². The van der Waals surface area contributed by atoms with Crippen LogP contribution < -0.4 is 31.2 Å². The highest BCUT2D eigenvalue weighted by Crippen LogP contribution is 2.34. The Kier molecular flexibility index (Phi) is 9.35. The van der Waals surface area contributed by atoms with Gasteiger partial charge in [-0.1, -0.05) is 0 Å². The van der Waals surface area contributed by atoms with Gasteiger partial charge in [0.05, 0.1) is 12.8 Å². The molecule has 2 aromatic rings. The molecule has 0 spiro atoms. The number of amides is 2. The molecule has 2 aliphatic rings. The van der Waals surface area contributed by atoms with Gasteiger partial charge in [0.1, 0.15) is 0 Å². The Labute approximate surface area is 238 Å². The first kappa shape index (κ1) is 30.5. The zero-order valence-electron chi connectivity index (χ0n) is 24.0. The third-order valence-corrected chi connectivity index (χ3v) is 7.40. The average molecular weight is 580 g/mol. The lowest BCUT2D eigenvalue weighted by molar-refractivity contribution is -0.0515. The predicted octanol–water partition coefficient (Wildman–Crippen LogP) is 5.24. The number of piperidine rings is 2. The van der Waals surface area contributed by atoms with Gasteiger partial charge in [-0.25, -0.2) is 14.2 Å².